The van der Waals surface area contributed by atoms with Crippen molar-refractivity contribution in [3.8, 4) is 22.6 Å². The van der Waals surface area contributed by atoms with E-state index in [2.05, 4.69) is 13.5 Å². The summed E-state index contributed by atoms with van der Waals surface area (Å²) < 4.78 is 69.7. The molecule has 4 rings (SSSR count). The third-order valence-corrected chi connectivity index (χ3v) is 7.06. The summed E-state index contributed by atoms with van der Waals surface area (Å²) >= 11 is 0. The van der Waals surface area contributed by atoms with Gasteiger partial charge in [0, 0.05) is 11.1 Å². The number of halogens is 4. The molecule has 196 valence electrons. The largest absolute Gasteiger partial charge is 0.490 e. The molecule has 0 aliphatic heterocycles. The van der Waals surface area contributed by atoms with Gasteiger partial charge in [-0.15, -0.1) is 6.58 Å². The van der Waals surface area contributed by atoms with Gasteiger partial charge in [-0.1, -0.05) is 50.1 Å². The lowest BCUT2D eigenvalue weighted by Gasteiger charge is -2.27. The van der Waals surface area contributed by atoms with Crippen LogP contribution in [0.4, 0.5) is 17.6 Å². The molecule has 1 aliphatic carbocycles. The highest BCUT2D eigenvalue weighted by Crippen LogP contribution is 2.37. The van der Waals surface area contributed by atoms with Gasteiger partial charge in [0.2, 0.25) is 5.82 Å². The summed E-state index contributed by atoms with van der Waals surface area (Å²) in [6.07, 6.45) is 6.91. The van der Waals surface area contributed by atoms with Crippen molar-refractivity contribution in [3.05, 3.63) is 95.6 Å². The molecule has 3 aromatic carbocycles. The Hall–Kier alpha value is -3.28. The number of benzene rings is 3. The summed E-state index contributed by atoms with van der Waals surface area (Å²) in [6, 6.07) is 12.5. The molecule has 0 N–H and O–H groups in total. The molecule has 0 aromatic heterocycles. The van der Waals surface area contributed by atoms with Crippen molar-refractivity contribution in [2.75, 3.05) is 6.61 Å². The average molecular weight is 513 g/mol. The minimum absolute atomic E-state index is 0.0522. The number of unbranched alkanes of at least 4 members (excludes halogenated alkanes) is 1. The van der Waals surface area contributed by atoms with Gasteiger partial charge in [0.1, 0.15) is 12.4 Å². The van der Waals surface area contributed by atoms with Crippen molar-refractivity contribution in [2.45, 2.75) is 58.0 Å². The van der Waals surface area contributed by atoms with Crippen LogP contribution in [-0.2, 0) is 6.61 Å². The molecular weight excluding hydrogens is 480 g/mol. The molecule has 2 nitrogen and oxygen atoms in total. The quantitative estimate of drug-likeness (QED) is 0.153. The average Bonchev–Trinajstić information content (AvgIpc) is 2.91. The van der Waals surface area contributed by atoms with E-state index < -0.39 is 23.3 Å². The van der Waals surface area contributed by atoms with Crippen molar-refractivity contribution in [3.63, 3.8) is 0 Å². The molecule has 0 amide bonds. The smallest absolute Gasteiger partial charge is 0.201 e. The zero-order chi connectivity index (χ0) is 26.4. The number of rotatable bonds is 10. The lowest BCUT2D eigenvalue weighted by molar-refractivity contribution is 0.291. The van der Waals surface area contributed by atoms with Crippen LogP contribution in [0.3, 0.4) is 0 Å². The summed E-state index contributed by atoms with van der Waals surface area (Å²) in [4.78, 5) is 0. The van der Waals surface area contributed by atoms with E-state index in [9.17, 15) is 17.6 Å². The van der Waals surface area contributed by atoms with Crippen LogP contribution in [0.2, 0.25) is 0 Å². The van der Waals surface area contributed by atoms with Crippen LogP contribution >= 0.6 is 0 Å². The third-order valence-electron chi connectivity index (χ3n) is 7.06. The van der Waals surface area contributed by atoms with Gasteiger partial charge in [-0.25, -0.2) is 13.2 Å². The lowest BCUT2D eigenvalue weighted by atomic mass is 9.79. The number of ether oxygens (including phenoxy) is 2. The SMILES string of the molecule is C=CCCCOc1ccc(-c2ccc(OCc3ccc(C4CCC(C)CC4)c(F)c3F)cc2)c(F)c1F. The topological polar surface area (TPSA) is 18.5 Å². The molecular formula is C31H32F4O2. The molecule has 0 atom stereocenters. The summed E-state index contributed by atoms with van der Waals surface area (Å²) in [7, 11) is 0. The summed E-state index contributed by atoms with van der Waals surface area (Å²) in [5, 5.41) is 0. The van der Waals surface area contributed by atoms with E-state index in [1.807, 2.05) is 0 Å². The highest BCUT2D eigenvalue weighted by atomic mass is 19.2. The van der Waals surface area contributed by atoms with Gasteiger partial charge in [0.05, 0.1) is 6.61 Å². The first-order valence-corrected chi connectivity index (χ1v) is 12.8. The third kappa shape index (κ3) is 6.35. The van der Waals surface area contributed by atoms with Crippen LogP contribution in [0, 0.1) is 29.2 Å². The van der Waals surface area contributed by atoms with E-state index in [1.165, 1.54) is 12.1 Å². The molecule has 0 spiro atoms. The van der Waals surface area contributed by atoms with Crippen molar-refractivity contribution in [2.24, 2.45) is 5.92 Å². The first kappa shape index (κ1) is 26.8. The van der Waals surface area contributed by atoms with E-state index in [4.69, 9.17) is 9.47 Å². The maximum Gasteiger partial charge on any atom is 0.201 e. The van der Waals surface area contributed by atoms with Crippen LogP contribution in [0.1, 0.15) is 62.5 Å². The van der Waals surface area contributed by atoms with Crippen LogP contribution < -0.4 is 9.47 Å². The zero-order valence-electron chi connectivity index (χ0n) is 21.0. The van der Waals surface area contributed by atoms with Gasteiger partial charge in [-0.05, 0) is 72.9 Å². The number of allylic oxidation sites excluding steroid dienone is 1. The van der Waals surface area contributed by atoms with Crippen LogP contribution in [-0.4, -0.2) is 6.61 Å². The van der Waals surface area contributed by atoms with Crippen molar-refractivity contribution >= 4 is 0 Å². The Morgan fingerprint density at radius 2 is 1.54 bits per heavy atom. The molecule has 0 radical (unpaired) electrons. The predicted octanol–water partition coefficient (Wildman–Crippen LogP) is 9.13. The Kier molecular flexibility index (Phi) is 8.91. The highest BCUT2D eigenvalue weighted by molar-refractivity contribution is 5.66. The van der Waals surface area contributed by atoms with Gasteiger partial charge in [-0.3, -0.25) is 0 Å². The fraction of sp³-hybridized carbons (Fsp3) is 0.355. The monoisotopic (exact) mass is 512 g/mol. The second kappa shape index (κ2) is 12.3. The molecule has 3 aromatic rings. The maximum atomic E-state index is 14.8. The molecule has 1 aliphatic rings. The van der Waals surface area contributed by atoms with E-state index in [0.717, 1.165) is 32.1 Å². The fourth-order valence-corrected chi connectivity index (χ4v) is 4.77. The summed E-state index contributed by atoms with van der Waals surface area (Å²) in [6.45, 7) is 5.92. The maximum absolute atomic E-state index is 14.8. The van der Waals surface area contributed by atoms with Crippen molar-refractivity contribution in [1.82, 2.24) is 0 Å². The van der Waals surface area contributed by atoms with Gasteiger partial charge in [0.15, 0.2) is 23.2 Å². The normalized spacial score (nSPS) is 17.4. The van der Waals surface area contributed by atoms with E-state index in [-0.39, 0.29) is 36.0 Å². The molecule has 0 unspecified atom stereocenters. The zero-order valence-corrected chi connectivity index (χ0v) is 21.0. The van der Waals surface area contributed by atoms with Crippen LogP contribution in [0.5, 0.6) is 11.5 Å². The van der Waals surface area contributed by atoms with Crippen LogP contribution in [0.25, 0.3) is 11.1 Å². The first-order valence-electron chi connectivity index (χ1n) is 12.8. The molecule has 0 saturated heterocycles. The van der Waals surface area contributed by atoms with Crippen molar-refractivity contribution in [1.29, 1.82) is 0 Å². The Labute approximate surface area is 215 Å². The van der Waals surface area contributed by atoms with E-state index >= 15 is 0 Å². The second-order valence-corrected chi connectivity index (χ2v) is 9.73. The molecule has 1 fully saturated rings. The molecule has 0 bridgehead atoms. The Bertz CT molecular complexity index is 1210. The van der Waals surface area contributed by atoms with Crippen LogP contribution in [0.15, 0.2) is 61.2 Å². The first-order chi connectivity index (χ1) is 17.9. The van der Waals surface area contributed by atoms with Crippen molar-refractivity contribution < 1.29 is 27.0 Å². The minimum Gasteiger partial charge on any atom is -0.490 e. The molecule has 1 saturated carbocycles. The fourth-order valence-electron chi connectivity index (χ4n) is 4.77. The van der Waals surface area contributed by atoms with E-state index in [0.29, 0.717) is 29.2 Å². The molecule has 6 heteroatoms. The van der Waals surface area contributed by atoms with E-state index in [1.54, 1.807) is 42.5 Å². The standard InChI is InChI=1S/C31H32F4O2/c1-3-4-5-18-36-27-17-16-26(30(34)31(27)35)22-10-13-24(14-11-22)37-19-23-12-15-25(29(33)28(23)32)21-8-6-20(2)7-9-21/h3,10-17,20-21H,1,4-9,18-19H2,2H3. The van der Waals surface area contributed by atoms with Gasteiger partial charge >= 0.3 is 0 Å². The lowest BCUT2D eigenvalue weighted by Crippen LogP contribution is -2.13. The van der Waals surface area contributed by atoms with Gasteiger partial charge in [-0.2, -0.15) is 4.39 Å². The summed E-state index contributed by atoms with van der Waals surface area (Å²) in [5.74, 6) is -2.76. The predicted molar refractivity (Wildman–Crippen MR) is 138 cm³/mol. The second-order valence-electron chi connectivity index (χ2n) is 9.73. The Morgan fingerprint density at radius 1 is 0.811 bits per heavy atom. The van der Waals surface area contributed by atoms with Gasteiger partial charge in [0.25, 0.3) is 0 Å². The summed E-state index contributed by atoms with van der Waals surface area (Å²) in [5.41, 5.74) is 1.11. The Morgan fingerprint density at radius 3 is 2.24 bits per heavy atom. The highest BCUT2D eigenvalue weighted by Gasteiger charge is 2.25. The van der Waals surface area contributed by atoms with Gasteiger partial charge < -0.3 is 9.47 Å². The molecule has 0 heterocycles. The number of hydrogen-bond acceptors (Lipinski definition) is 2. The Balaban J connectivity index is 1.40. The minimum atomic E-state index is -1.04. The molecule has 37 heavy (non-hydrogen) atoms. The number of hydrogen-bond donors (Lipinski definition) is 0.